The number of carbonyl (C=O) groups excluding carboxylic acids is 1. The summed E-state index contributed by atoms with van der Waals surface area (Å²) in [5.41, 5.74) is 2.00. The Balaban J connectivity index is 0.00000144. The van der Waals surface area contributed by atoms with Crippen LogP contribution in [0.1, 0.15) is 18.9 Å². The quantitative estimate of drug-likeness (QED) is 0.780. The number of rotatable bonds is 2. The molecule has 0 saturated heterocycles. The van der Waals surface area contributed by atoms with Gasteiger partial charge in [-0.2, -0.15) is 0 Å². The molecule has 0 spiro atoms. The predicted molar refractivity (Wildman–Crippen MR) is 57.3 cm³/mol. The molecule has 1 aromatic carbocycles. The van der Waals surface area contributed by atoms with E-state index in [1.807, 2.05) is 38.1 Å². The number of carbonyl (C=O) groups is 1. The molecular formula is C10H14ClNO. The third kappa shape index (κ3) is 3.47. The first-order valence-electron chi connectivity index (χ1n) is 4.09. The Morgan fingerprint density at radius 2 is 2.00 bits per heavy atom. The highest BCUT2D eigenvalue weighted by Crippen LogP contribution is 2.12. The zero-order chi connectivity index (χ0) is 8.97. The molecule has 72 valence electrons. The van der Waals surface area contributed by atoms with Gasteiger partial charge in [0, 0.05) is 12.1 Å². The van der Waals surface area contributed by atoms with Crippen LogP contribution in [0.5, 0.6) is 0 Å². The van der Waals surface area contributed by atoms with Gasteiger partial charge >= 0.3 is 0 Å². The standard InChI is InChI=1S/C10H13NO.ClH/c1-3-10(12)11-9-7-5-4-6-8(9)2;/h4-7H,3H2,1-2H3,(H,11,12);1H. The summed E-state index contributed by atoms with van der Waals surface area (Å²) in [5, 5.41) is 2.82. The molecule has 2 nitrogen and oxygen atoms in total. The van der Waals surface area contributed by atoms with Crippen LogP contribution >= 0.6 is 12.4 Å². The molecule has 1 aromatic rings. The van der Waals surface area contributed by atoms with Gasteiger partial charge in [0.25, 0.3) is 0 Å². The molecule has 0 saturated carbocycles. The fourth-order valence-corrected chi connectivity index (χ4v) is 0.952. The van der Waals surface area contributed by atoms with E-state index in [9.17, 15) is 4.79 Å². The fourth-order valence-electron chi connectivity index (χ4n) is 0.952. The van der Waals surface area contributed by atoms with Crippen LogP contribution in [-0.4, -0.2) is 5.91 Å². The molecule has 0 aliphatic carbocycles. The van der Waals surface area contributed by atoms with Gasteiger partial charge in [-0.05, 0) is 18.6 Å². The number of nitrogens with one attached hydrogen (secondary N) is 1. The van der Waals surface area contributed by atoms with E-state index in [1.54, 1.807) is 0 Å². The first-order valence-corrected chi connectivity index (χ1v) is 4.09. The lowest BCUT2D eigenvalue weighted by Crippen LogP contribution is -2.10. The van der Waals surface area contributed by atoms with Crippen molar-refractivity contribution in [3.05, 3.63) is 29.8 Å². The monoisotopic (exact) mass is 199 g/mol. The van der Waals surface area contributed by atoms with Gasteiger partial charge in [0.2, 0.25) is 5.91 Å². The van der Waals surface area contributed by atoms with Crippen LogP contribution in [0.25, 0.3) is 0 Å². The zero-order valence-corrected chi connectivity index (χ0v) is 8.65. The van der Waals surface area contributed by atoms with Gasteiger partial charge in [0.15, 0.2) is 0 Å². The van der Waals surface area contributed by atoms with Crippen molar-refractivity contribution in [2.24, 2.45) is 0 Å². The predicted octanol–water partition coefficient (Wildman–Crippen LogP) is 2.77. The number of aryl methyl sites for hydroxylation is 1. The van der Waals surface area contributed by atoms with E-state index >= 15 is 0 Å². The second-order valence-electron chi connectivity index (χ2n) is 2.72. The van der Waals surface area contributed by atoms with Gasteiger partial charge in [-0.1, -0.05) is 25.1 Å². The smallest absolute Gasteiger partial charge is 0.224 e. The maximum Gasteiger partial charge on any atom is 0.224 e. The lowest BCUT2D eigenvalue weighted by Gasteiger charge is -2.05. The molecule has 0 atom stereocenters. The Hall–Kier alpha value is -1.02. The topological polar surface area (TPSA) is 29.1 Å². The van der Waals surface area contributed by atoms with Gasteiger partial charge in [0.05, 0.1) is 0 Å². The Morgan fingerprint density at radius 3 is 2.54 bits per heavy atom. The third-order valence-electron chi connectivity index (χ3n) is 1.74. The molecule has 1 rings (SSSR count). The van der Waals surface area contributed by atoms with E-state index in [1.165, 1.54) is 0 Å². The molecule has 1 amide bonds. The summed E-state index contributed by atoms with van der Waals surface area (Å²) in [4.78, 5) is 11.0. The van der Waals surface area contributed by atoms with Crippen LogP contribution in [0.2, 0.25) is 0 Å². The summed E-state index contributed by atoms with van der Waals surface area (Å²) in [5.74, 6) is 0.0595. The first kappa shape index (κ1) is 12.0. The number of amides is 1. The third-order valence-corrected chi connectivity index (χ3v) is 1.74. The van der Waals surface area contributed by atoms with Crippen LogP contribution in [0.15, 0.2) is 24.3 Å². The summed E-state index contributed by atoms with van der Waals surface area (Å²) in [7, 11) is 0. The Morgan fingerprint density at radius 1 is 1.38 bits per heavy atom. The summed E-state index contributed by atoms with van der Waals surface area (Å²) >= 11 is 0. The van der Waals surface area contributed by atoms with Crippen molar-refractivity contribution in [2.75, 3.05) is 5.32 Å². The highest BCUT2D eigenvalue weighted by atomic mass is 35.5. The maximum absolute atomic E-state index is 11.0. The van der Waals surface area contributed by atoms with Crippen molar-refractivity contribution in [2.45, 2.75) is 20.3 Å². The second-order valence-corrected chi connectivity index (χ2v) is 2.72. The number of hydrogen-bond donors (Lipinski definition) is 1. The van der Waals surface area contributed by atoms with E-state index in [4.69, 9.17) is 0 Å². The van der Waals surface area contributed by atoms with Gasteiger partial charge in [-0.15, -0.1) is 12.4 Å². The van der Waals surface area contributed by atoms with E-state index in [0.717, 1.165) is 11.3 Å². The molecule has 0 aliphatic rings. The highest BCUT2D eigenvalue weighted by molar-refractivity contribution is 5.91. The van der Waals surface area contributed by atoms with Crippen molar-refractivity contribution in [3.8, 4) is 0 Å². The van der Waals surface area contributed by atoms with Gasteiger partial charge < -0.3 is 5.32 Å². The minimum Gasteiger partial charge on any atom is -0.326 e. The number of benzene rings is 1. The molecule has 0 aliphatic heterocycles. The molecular weight excluding hydrogens is 186 g/mol. The van der Waals surface area contributed by atoms with Crippen molar-refractivity contribution >= 4 is 24.0 Å². The van der Waals surface area contributed by atoms with Crippen LogP contribution < -0.4 is 5.32 Å². The largest absolute Gasteiger partial charge is 0.326 e. The molecule has 0 aromatic heterocycles. The van der Waals surface area contributed by atoms with E-state index in [2.05, 4.69) is 5.32 Å². The average molecular weight is 200 g/mol. The molecule has 0 fully saturated rings. The lowest BCUT2D eigenvalue weighted by atomic mass is 10.2. The maximum atomic E-state index is 11.0. The summed E-state index contributed by atoms with van der Waals surface area (Å²) < 4.78 is 0. The Labute approximate surface area is 84.8 Å². The Kier molecular flexibility index (Phi) is 5.16. The molecule has 0 radical (unpaired) electrons. The van der Waals surface area contributed by atoms with E-state index in [0.29, 0.717) is 6.42 Å². The normalized spacial score (nSPS) is 8.77. The van der Waals surface area contributed by atoms with E-state index < -0.39 is 0 Å². The molecule has 1 N–H and O–H groups in total. The number of halogens is 1. The van der Waals surface area contributed by atoms with Crippen molar-refractivity contribution in [1.29, 1.82) is 0 Å². The number of para-hydroxylation sites is 1. The SMILES string of the molecule is CCC(=O)Nc1ccccc1C.Cl. The number of hydrogen-bond acceptors (Lipinski definition) is 1. The minimum absolute atomic E-state index is 0. The highest BCUT2D eigenvalue weighted by Gasteiger charge is 1.99. The van der Waals surface area contributed by atoms with Crippen molar-refractivity contribution < 1.29 is 4.79 Å². The van der Waals surface area contributed by atoms with Gasteiger partial charge in [-0.3, -0.25) is 4.79 Å². The lowest BCUT2D eigenvalue weighted by molar-refractivity contribution is -0.115. The van der Waals surface area contributed by atoms with Crippen LogP contribution in [0.3, 0.4) is 0 Å². The molecule has 0 bridgehead atoms. The summed E-state index contributed by atoms with van der Waals surface area (Å²) in [6.45, 7) is 3.82. The molecule has 0 heterocycles. The van der Waals surface area contributed by atoms with Crippen molar-refractivity contribution in [3.63, 3.8) is 0 Å². The average Bonchev–Trinajstić information content (AvgIpc) is 2.09. The second kappa shape index (κ2) is 5.60. The van der Waals surface area contributed by atoms with Crippen molar-refractivity contribution in [1.82, 2.24) is 0 Å². The fraction of sp³-hybridized carbons (Fsp3) is 0.300. The molecule has 13 heavy (non-hydrogen) atoms. The van der Waals surface area contributed by atoms with Gasteiger partial charge in [0.1, 0.15) is 0 Å². The molecule has 3 heteroatoms. The van der Waals surface area contributed by atoms with Crippen LogP contribution in [0, 0.1) is 6.92 Å². The summed E-state index contributed by atoms with van der Waals surface area (Å²) in [6.07, 6.45) is 0.522. The first-order chi connectivity index (χ1) is 5.74. The zero-order valence-electron chi connectivity index (χ0n) is 7.83. The summed E-state index contributed by atoms with van der Waals surface area (Å²) in [6, 6.07) is 7.75. The Bertz CT molecular complexity index is 286. The number of anilines is 1. The van der Waals surface area contributed by atoms with Crippen LogP contribution in [-0.2, 0) is 4.79 Å². The minimum atomic E-state index is 0. The van der Waals surface area contributed by atoms with Crippen LogP contribution in [0.4, 0.5) is 5.69 Å². The molecule has 0 unspecified atom stereocenters. The van der Waals surface area contributed by atoms with E-state index in [-0.39, 0.29) is 18.3 Å². The van der Waals surface area contributed by atoms with Gasteiger partial charge in [-0.25, -0.2) is 0 Å².